The summed E-state index contributed by atoms with van der Waals surface area (Å²) in [5, 5.41) is 7.49. The van der Waals surface area contributed by atoms with Crippen LogP contribution in [0.5, 0.6) is 5.75 Å². The van der Waals surface area contributed by atoms with E-state index in [1.165, 1.54) is 0 Å². The molecule has 0 fully saturated rings. The van der Waals surface area contributed by atoms with Gasteiger partial charge in [-0.15, -0.1) is 10.2 Å². The molecule has 0 unspecified atom stereocenters. The number of nitrogens with two attached hydrogens (primary N) is 1. The number of hydrogen-bond donors (Lipinski definition) is 1. The van der Waals surface area contributed by atoms with Crippen LogP contribution in [0.15, 0.2) is 28.9 Å². The minimum Gasteiger partial charge on any atom is -0.497 e. The molecule has 2 aromatic rings. The molecule has 0 aliphatic rings. The smallest absolute Gasteiger partial charge is 0.240 e. The molecule has 2 rings (SSSR count). The minimum absolute atomic E-state index is 0.147. The first-order chi connectivity index (χ1) is 7.70. The Bertz CT molecular complexity index is 501. The molecule has 0 aliphatic carbocycles. The quantitative estimate of drug-likeness (QED) is 0.909. The maximum atomic E-state index is 5.49. The van der Waals surface area contributed by atoms with Gasteiger partial charge >= 0.3 is 0 Å². The van der Waals surface area contributed by atoms with Crippen LogP contribution >= 0.6 is 15.9 Å². The number of nitrogen functional groups attached to an aromatic ring is 1. The van der Waals surface area contributed by atoms with Gasteiger partial charge in [-0.2, -0.15) is 0 Å². The van der Waals surface area contributed by atoms with Gasteiger partial charge in [-0.25, -0.2) is 4.98 Å². The van der Waals surface area contributed by atoms with Crippen LogP contribution in [0.2, 0.25) is 0 Å². The molecule has 0 atom stereocenters. The molecule has 0 saturated carbocycles. The van der Waals surface area contributed by atoms with Crippen molar-refractivity contribution in [3.05, 3.63) is 28.9 Å². The van der Waals surface area contributed by atoms with E-state index in [1.54, 1.807) is 7.11 Å². The molecule has 1 heterocycles. The lowest BCUT2D eigenvalue weighted by Gasteiger charge is -2.04. The summed E-state index contributed by atoms with van der Waals surface area (Å²) >= 11 is 3.28. The molecule has 0 amide bonds. The molecule has 2 N–H and O–H groups in total. The van der Waals surface area contributed by atoms with Crippen LogP contribution in [0.3, 0.4) is 0 Å². The van der Waals surface area contributed by atoms with E-state index in [1.807, 2.05) is 24.3 Å². The molecule has 0 saturated heterocycles. The highest BCUT2D eigenvalue weighted by Gasteiger charge is 2.07. The summed E-state index contributed by atoms with van der Waals surface area (Å²) in [4.78, 5) is 4.11. The van der Waals surface area contributed by atoms with Gasteiger partial charge in [-0.1, -0.05) is 0 Å². The van der Waals surface area contributed by atoms with Gasteiger partial charge in [0, 0.05) is 5.56 Å². The predicted octanol–water partition coefficient (Wildman–Crippen LogP) is 1.89. The molecule has 1 aromatic heterocycles. The van der Waals surface area contributed by atoms with Crippen molar-refractivity contribution in [1.29, 1.82) is 0 Å². The van der Waals surface area contributed by atoms with E-state index in [-0.39, 0.29) is 5.95 Å². The van der Waals surface area contributed by atoms with Gasteiger partial charge in [-0.05, 0) is 40.2 Å². The van der Waals surface area contributed by atoms with Gasteiger partial charge in [-0.3, -0.25) is 0 Å². The molecule has 6 heteroatoms. The number of halogens is 1. The zero-order valence-corrected chi connectivity index (χ0v) is 10.1. The monoisotopic (exact) mass is 280 g/mol. The lowest BCUT2D eigenvalue weighted by Crippen LogP contribution is -2.00. The number of anilines is 1. The van der Waals surface area contributed by atoms with Gasteiger partial charge in [0.25, 0.3) is 0 Å². The topological polar surface area (TPSA) is 73.9 Å². The molecular weight excluding hydrogens is 272 g/mol. The number of methoxy groups -OCH3 is 1. The summed E-state index contributed by atoms with van der Waals surface area (Å²) in [6.45, 7) is 0. The average molecular weight is 281 g/mol. The molecule has 82 valence electrons. The third-order valence-corrected chi connectivity index (χ3v) is 2.56. The lowest BCUT2D eigenvalue weighted by molar-refractivity contribution is 0.415. The summed E-state index contributed by atoms with van der Waals surface area (Å²) in [6, 6.07) is 7.46. The number of aromatic nitrogens is 3. The fourth-order valence-electron chi connectivity index (χ4n) is 1.26. The Morgan fingerprint density at radius 1 is 1.19 bits per heavy atom. The van der Waals surface area contributed by atoms with E-state index in [9.17, 15) is 0 Å². The van der Waals surface area contributed by atoms with E-state index in [0.29, 0.717) is 10.3 Å². The first-order valence-electron chi connectivity index (χ1n) is 4.51. The van der Waals surface area contributed by atoms with Crippen LogP contribution in [-0.2, 0) is 0 Å². The van der Waals surface area contributed by atoms with E-state index >= 15 is 0 Å². The van der Waals surface area contributed by atoms with Gasteiger partial charge in [0.05, 0.1) is 7.11 Å². The van der Waals surface area contributed by atoms with Crippen molar-refractivity contribution in [1.82, 2.24) is 15.2 Å². The van der Waals surface area contributed by atoms with Crippen LogP contribution in [0.25, 0.3) is 11.3 Å². The largest absolute Gasteiger partial charge is 0.497 e. The standard InChI is InChI=1S/C10H9BrN4O/c1-16-7-4-2-6(3-5-7)8-9(11)14-15-10(12)13-8/h2-5H,1H3,(H2,12,13,15). The fourth-order valence-corrected chi connectivity index (χ4v) is 1.65. The normalized spacial score (nSPS) is 10.1. The van der Waals surface area contributed by atoms with E-state index in [4.69, 9.17) is 10.5 Å². The number of hydrogen-bond acceptors (Lipinski definition) is 5. The Labute approximate surface area is 101 Å². The van der Waals surface area contributed by atoms with Crippen LogP contribution in [-0.4, -0.2) is 22.3 Å². The highest BCUT2D eigenvalue weighted by Crippen LogP contribution is 2.25. The van der Waals surface area contributed by atoms with Crippen LogP contribution in [0.4, 0.5) is 5.95 Å². The first kappa shape index (κ1) is 10.8. The molecule has 5 nitrogen and oxygen atoms in total. The highest BCUT2D eigenvalue weighted by atomic mass is 79.9. The number of nitrogens with zero attached hydrogens (tertiary/aromatic N) is 3. The van der Waals surface area contributed by atoms with Crippen LogP contribution < -0.4 is 10.5 Å². The second kappa shape index (κ2) is 4.44. The molecule has 16 heavy (non-hydrogen) atoms. The third-order valence-electron chi connectivity index (χ3n) is 2.03. The van der Waals surface area contributed by atoms with E-state index in [0.717, 1.165) is 11.3 Å². The van der Waals surface area contributed by atoms with E-state index in [2.05, 4.69) is 31.1 Å². The first-order valence-corrected chi connectivity index (χ1v) is 5.30. The van der Waals surface area contributed by atoms with Gasteiger partial charge < -0.3 is 10.5 Å². The summed E-state index contributed by atoms with van der Waals surface area (Å²) in [6.07, 6.45) is 0. The van der Waals surface area contributed by atoms with Gasteiger partial charge in [0.15, 0.2) is 4.60 Å². The zero-order valence-electron chi connectivity index (χ0n) is 8.51. The van der Waals surface area contributed by atoms with Crippen molar-refractivity contribution in [2.24, 2.45) is 0 Å². The number of benzene rings is 1. The van der Waals surface area contributed by atoms with Crippen molar-refractivity contribution < 1.29 is 4.74 Å². The molecule has 0 aliphatic heterocycles. The third kappa shape index (κ3) is 2.11. The van der Waals surface area contributed by atoms with Crippen molar-refractivity contribution in [3.63, 3.8) is 0 Å². The van der Waals surface area contributed by atoms with Gasteiger partial charge in [0.1, 0.15) is 11.4 Å². The highest BCUT2D eigenvalue weighted by molar-refractivity contribution is 9.10. The lowest BCUT2D eigenvalue weighted by atomic mass is 10.1. The Morgan fingerprint density at radius 3 is 2.50 bits per heavy atom. The fraction of sp³-hybridized carbons (Fsp3) is 0.100. The van der Waals surface area contributed by atoms with E-state index < -0.39 is 0 Å². The summed E-state index contributed by atoms with van der Waals surface area (Å²) in [7, 11) is 1.62. The molecular formula is C10H9BrN4O. The average Bonchev–Trinajstić information content (AvgIpc) is 2.32. The second-order valence-electron chi connectivity index (χ2n) is 3.04. The van der Waals surface area contributed by atoms with Gasteiger partial charge in [0.2, 0.25) is 5.95 Å². The second-order valence-corrected chi connectivity index (χ2v) is 3.79. The molecule has 0 radical (unpaired) electrons. The Kier molecular flexibility index (Phi) is 3.00. The molecule has 1 aromatic carbocycles. The Balaban J connectivity index is 2.45. The van der Waals surface area contributed by atoms with Crippen molar-refractivity contribution in [2.75, 3.05) is 12.8 Å². The summed E-state index contributed by atoms with van der Waals surface area (Å²) < 4.78 is 5.64. The maximum Gasteiger partial charge on any atom is 0.240 e. The predicted molar refractivity (Wildman–Crippen MR) is 63.9 cm³/mol. The number of rotatable bonds is 2. The Hall–Kier alpha value is -1.69. The molecule has 0 spiro atoms. The number of ether oxygens (including phenoxy) is 1. The Morgan fingerprint density at radius 2 is 1.88 bits per heavy atom. The van der Waals surface area contributed by atoms with Crippen molar-refractivity contribution in [2.45, 2.75) is 0 Å². The summed E-state index contributed by atoms with van der Waals surface area (Å²) in [5.74, 6) is 0.934. The molecule has 0 bridgehead atoms. The van der Waals surface area contributed by atoms with Crippen molar-refractivity contribution in [3.8, 4) is 17.0 Å². The minimum atomic E-state index is 0.147. The maximum absolute atomic E-state index is 5.49. The van der Waals surface area contributed by atoms with Crippen LogP contribution in [0.1, 0.15) is 0 Å². The van der Waals surface area contributed by atoms with Crippen LogP contribution in [0, 0.1) is 0 Å². The zero-order chi connectivity index (χ0) is 11.5. The summed E-state index contributed by atoms with van der Waals surface area (Å²) in [5.41, 5.74) is 7.05. The SMILES string of the molecule is COc1ccc(-c2nc(N)nnc2Br)cc1. The van der Waals surface area contributed by atoms with Crippen molar-refractivity contribution >= 4 is 21.9 Å².